The van der Waals surface area contributed by atoms with Crippen LogP contribution >= 0.6 is 0 Å². The van der Waals surface area contributed by atoms with Crippen LogP contribution in [0.15, 0.2) is 29.4 Å². The van der Waals surface area contributed by atoms with Crippen molar-refractivity contribution in [2.24, 2.45) is 5.16 Å². The largest absolute Gasteiger partial charge is 0.399 e. The van der Waals surface area contributed by atoms with E-state index in [0.717, 1.165) is 0 Å². The lowest BCUT2D eigenvalue weighted by molar-refractivity contribution is 0.151. The summed E-state index contributed by atoms with van der Waals surface area (Å²) >= 11 is 0. The molecule has 0 saturated carbocycles. The van der Waals surface area contributed by atoms with Crippen molar-refractivity contribution in [1.82, 2.24) is 0 Å². The molecule has 69 valence electrons. The van der Waals surface area contributed by atoms with E-state index in [4.69, 9.17) is 0 Å². The molecule has 0 spiro atoms. The standard InChI is InChI=1S/C9H8F2NO/c1-13-12-6-7-3-2-4-8(5-7)9(10)11/h2-5,9H,1H3. The fraction of sp³-hybridized carbons (Fsp3) is 0.222. The third-order valence-electron chi connectivity index (χ3n) is 1.40. The Labute approximate surface area is 74.8 Å². The molecule has 0 atom stereocenters. The minimum atomic E-state index is -2.47. The van der Waals surface area contributed by atoms with Gasteiger partial charge in [0.2, 0.25) is 0 Å². The molecule has 4 heteroatoms. The monoisotopic (exact) mass is 184 g/mol. The van der Waals surface area contributed by atoms with Crippen LogP contribution in [0.5, 0.6) is 0 Å². The van der Waals surface area contributed by atoms with E-state index < -0.39 is 6.43 Å². The number of hydrogen-bond acceptors (Lipinski definition) is 2. The molecule has 1 aromatic rings. The number of hydrogen-bond donors (Lipinski definition) is 0. The molecule has 0 aliphatic carbocycles. The highest BCUT2D eigenvalue weighted by Crippen LogP contribution is 2.18. The van der Waals surface area contributed by atoms with Crippen molar-refractivity contribution < 1.29 is 13.6 Å². The van der Waals surface area contributed by atoms with Crippen molar-refractivity contribution in [3.05, 3.63) is 35.4 Å². The Kier molecular flexibility index (Phi) is 3.37. The van der Waals surface area contributed by atoms with Gasteiger partial charge in [-0.3, -0.25) is 0 Å². The topological polar surface area (TPSA) is 21.6 Å². The average molecular weight is 184 g/mol. The van der Waals surface area contributed by atoms with Gasteiger partial charge in [0, 0.05) is 11.1 Å². The highest BCUT2D eigenvalue weighted by atomic mass is 19.3. The van der Waals surface area contributed by atoms with Crippen LogP contribution in [0.25, 0.3) is 0 Å². The first-order valence-electron chi connectivity index (χ1n) is 3.61. The SMILES string of the molecule is CO/N=[C]\c1cccc(C(F)F)c1. The van der Waals surface area contributed by atoms with E-state index in [2.05, 4.69) is 16.2 Å². The summed E-state index contributed by atoms with van der Waals surface area (Å²) in [7, 11) is 1.37. The Balaban J connectivity index is 2.85. The van der Waals surface area contributed by atoms with Crippen LogP contribution in [-0.4, -0.2) is 13.3 Å². The van der Waals surface area contributed by atoms with Crippen LogP contribution in [-0.2, 0) is 4.84 Å². The van der Waals surface area contributed by atoms with E-state index in [1.807, 2.05) is 0 Å². The van der Waals surface area contributed by atoms with E-state index in [0.29, 0.717) is 5.56 Å². The number of nitrogens with zero attached hydrogens (tertiary/aromatic N) is 1. The van der Waals surface area contributed by atoms with E-state index in [-0.39, 0.29) is 5.56 Å². The second-order valence-corrected chi connectivity index (χ2v) is 2.31. The lowest BCUT2D eigenvalue weighted by Gasteiger charge is -1.98. The van der Waals surface area contributed by atoms with E-state index in [9.17, 15) is 8.78 Å². The van der Waals surface area contributed by atoms with Gasteiger partial charge < -0.3 is 4.84 Å². The quantitative estimate of drug-likeness (QED) is 0.522. The van der Waals surface area contributed by atoms with Gasteiger partial charge in [-0.15, -0.1) is 0 Å². The molecule has 13 heavy (non-hydrogen) atoms. The summed E-state index contributed by atoms with van der Waals surface area (Å²) in [6.07, 6.45) is -0.00922. The van der Waals surface area contributed by atoms with Gasteiger partial charge in [-0.2, -0.15) is 0 Å². The fourth-order valence-corrected chi connectivity index (χ4v) is 0.842. The maximum atomic E-state index is 12.2. The first kappa shape index (κ1) is 9.64. The molecule has 0 N–H and O–H groups in total. The zero-order valence-electron chi connectivity index (χ0n) is 7.00. The van der Waals surface area contributed by atoms with Gasteiger partial charge in [0.05, 0.1) is 0 Å². The summed E-state index contributed by atoms with van der Waals surface area (Å²) in [5.41, 5.74) is 0.427. The Morgan fingerprint density at radius 2 is 2.23 bits per heavy atom. The van der Waals surface area contributed by atoms with Gasteiger partial charge in [-0.25, -0.2) is 8.78 Å². The summed E-state index contributed by atoms with van der Waals surface area (Å²) in [6.45, 7) is 0. The first-order valence-corrected chi connectivity index (χ1v) is 3.61. The molecule has 2 nitrogen and oxygen atoms in total. The van der Waals surface area contributed by atoms with Crippen molar-refractivity contribution in [3.8, 4) is 0 Å². The molecular weight excluding hydrogens is 176 g/mol. The second kappa shape index (κ2) is 4.54. The van der Waals surface area contributed by atoms with Crippen molar-refractivity contribution in [2.45, 2.75) is 6.43 Å². The van der Waals surface area contributed by atoms with Gasteiger partial charge >= 0.3 is 0 Å². The summed E-state index contributed by atoms with van der Waals surface area (Å²) in [5.74, 6) is 0. The second-order valence-electron chi connectivity index (χ2n) is 2.31. The van der Waals surface area contributed by atoms with E-state index in [1.165, 1.54) is 25.3 Å². The maximum Gasteiger partial charge on any atom is 0.263 e. The number of halogens is 2. The van der Waals surface area contributed by atoms with E-state index >= 15 is 0 Å². The molecule has 0 fully saturated rings. The fourth-order valence-electron chi connectivity index (χ4n) is 0.842. The van der Waals surface area contributed by atoms with E-state index in [1.54, 1.807) is 6.07 Å². The molecule has 0 bridgehead atoms. The molecule has 0 amide bonds. The average Bonchev–Trinajstić information content (AvgIpc) is 2.15. The molecule has 0 unspecified atom stereocenters. The lowest BCUT2D eigenvalue weighted by Crippen LogP contribution is -1.87. The van der Waals surface area contributed by atoms with Crippen molar-refractivity contribution in [1.29, 1.82) is 0 Å². The minimum Gasteiger partial charge on any atom is -0.399 e. The highest BCUT2D eigenvalue weighted by Gasteiger charge is 2.05. The Hall–Kier alpha value is -1.45. The predicted octanol–water partition coefficient (Wildman–Crippen LogP) is 2.48. The molecule has 0 saturated heterocycles. The van der Waals surface area contributed by atoms with Gasteiger partial charge in [0.1, 0.15) is 13.3 Å². The van der Waals surface area contributed by atoms with Gasteiger partial charge in [0.15, 0.2) is 0 Å². The molecule has 0 aliphatic rings. The van der Waals surface area contributed by atoms with Crippen molar-refractivity contribution in [2.75, 3.05) is 7.11 Å². The smallest absolute Gasteiger partial charge is 0.263 e. The molecule has 0 heterocycles. The Morgan fingerprint density at radius 3 is 2.85 bits per heavy atom. The summed E-state index contributed by atoms with van der Waals surface area (Å²) in [5, 5.41) is 3.35. The third-order valence-corrected chi connectivity index (χ3v) is 1.40. The Bertz CT molecular complexity index is 299. The van der Waals surface area contributed by atoms with Crippen molar-refractivity contribution >= 4 is 6.21 Å². The third kappa shape index (κ3) is 2.82. The predicted molar refractivity (Wildman–Crippen MR) is 44.9 cm³/mol. The van der Waals surface area contributed by atoms with Gasteiger partial charge in [-0.1, -0.05) is 23.4 Å². The van der Waals surface area contributed by atoms with Crippen LogP contribution < -0.4 is 0 Å². The Morgan fingerprint density at radius 1 is 1.46 bits per heavy atom. The highest BCUT2D eigenvalue weighted by molar-refractivity contribution is 5.79. The summed E-state index contributed by atoms with van der Waals surface area (Å²) in [6, 6.07) is 5.80. The molecule has 1 rings (SSSR count). The molecule has 1 radical (unpaired) electrons. The number of benzene rings is 1. The summed E-state index contributed by atoms with van der Waals surface area (Å²) < 4.78 is 24.4. The van der Waals surface area contributed by atoms with Crippen LogP contribution in [0.2, 0.25) is 0 Å². The van der Waals surface area contributed by atoms with Crippen LogP contribution in [0.1, 0.15) is 17.6 Å². The molecular formula is C9H8F2NO. The minimum absolute atomic E-state index is 0.0451. The first-order chi connectivity index (χ1) is 6.24. The molecule has 0 aromatic heterocycles. The van der Waals surface area contributed by atoms with Crippen LogP contribution in [0.4, 0.5) is 8.78 Å². The zero-order chi connectivity index (χ0) is 9.68. The summed E-state index contributed by atoms with van der Waals surface area (Å²) in [4.78, 5) is 4.37. The molecule has 0 aliphatic heterocycles. The van der Waals surface area contributed by atoms with Gasteiger partial charge in [0.25, 0.3) is 6.43 Å². The van der Waals surface area contributed by atoms with Crippen LogP contribution in [0, 0.1) is 0 Å². The van der Waals surface area contributed by atoms with Gasteiger partial charge in [-0.05, 0) is 6.07 Å². The van der Waals surface area contributed by atoms with Crippen LogP contribution in [0.3, 0.4) is 0 Å². The normalized spacial score (nSPS) is 11.1. The number of rotatable bonds is 3. The number of alkyl halides is 2. The zero-order valence-corrected chi connectivity index (χ0v) is 7.00. The lowest BCUT2D eigenvalue weighted by atomic mass is 10.1. The van der Waals surface area contributed by atoms with Crippen molar-refractivity contribution in [3.63, 3.8) is 0 Å². The maximum absolute atomic E-state index is 12.2. The molecule has 1 aromatic carbocycles.